The number of phenolic OH excluding ortho intramolecular Hbond substituents is 1. The van der Waals surface area contributed by atoms with Crippen molar-refractivity contribution in [1.82, 2.24) is 0 Å². The molecule has 13 heavy (non-hydrogen) atoms. The van der Waals surface area contributed by atoms with E-state index in [1.807, 2.05) is 24.3 Å². The van der Waals surface area contributed by atoms with E-state index in [-0.39, 0.29) is 0 Å². The molecule has 0 unspecified atom stereocenters. The van der Waals surface area contributed by atoms with Gasteiger partial charge in [0.1, 0.15) is 5.75 Å². The molecular weight excluding hydrogens is 296 g/mol. The van der Waals surface area contributed by atoms with Crippen molar-refractivity contribution >= 4 is 42.6 Å². The fourth-order valence-corrected chi connectivity index (χ4v) is 2.71. The quantitative estimate of drug-likeness (QED) is 0.778. The second-order valence-electron chi connectivity index (χ2n) is 2.73. The number of hydrogen-bond donors (Lipinski definition) is 1. The predicted molar refractivity (Wildman–Crippen MR) is 61.0 cm³/mol. The maximum Gasteiger partial charge on any atom is 0.123 e. The molecule has 2 aromatic rings. The summed E-state index contributed by atoms with van der Waals surface area (Å²) in [4.78, 5) is 0. The van der Waals surface area contributed by atoms with Crippen LogP contribution in [0.4, 0.5) is 0 Å². The molecule has 0 aromatic heterocycles. The van der Waals surface area contributed by atoms with Crippen molar-refractivity contribution in [1.29, 1.82) is 0 Å². The summed E-state index contributed by atoms with van der Waals surface area (Å²) in [5.74, 6) is 0.305. The van der Waals surface area contributed by atoms with Gasteiger partial charge in [-0.3, -0.25) is 0 Å². The minimum atomic E-state index is 0.305. The number of benzene rings is 2. The molecule has 0 heterocycles. The van der Waals surface area contributed by atoms with Gasteiger partial charge in [-0.1, -0.05) is 44.0 Å². The molecule has 0 saturated heterocycles. The molecule has 0 atom stereocenters. The largest absolute Gasteiger partial charge is 0.507 e. The lowest BCUT2D eigenvalue weighted by Gasteiger charge is -2.04. The molecule has 0 aliphatic heterocycles. The van der Waals surface area contributed by atoms with Crippen molar-refractivity contribution in [3.8, 4) is 5.75 Å². The number of halogens is 2. The monoisotopic (exact) mass is 300 g/mol. The molecule has 0 radical (unpaired) electrons. The molecule has 0 aliphatic rings. The van der Waals surface area contributed by atoms with Crippen LogP contribution < -0.4 is 0 Å². The lowest BCUT2D eigenvalue weighted by molar-refractivity contribution is 0.481. The highest BCUT2D eigenvalue weighted by Gasteiger charge is 2.05. The minimum absolute atomic E-state index is 0.305. The van der Waals surface area contributed by atoms with Gasteiger partial charge >= 0.3 is 0 Å². The zero-order valence-corrected chi connectivity index (χ0v) is 9.76. The lowest BCUT2D eigenvalue weighted by Crippen LogP contribution is -1.77. The summed E-state index contributed by atoms with van der Waals surface area (Å²) in [6, 6.07) is 9.26. The van der Waals surface area contributed by atoms with Gasteiger partial charge in [0.25, 0.3) is 0 Å². The van der Waals surface area contributed by atoms with Crippen LogP contribution in [0, 0.1) is 0 Å². The Labute approximate surface area is 92.6 Å². The fraction of sp³-hybridized carbons (Fsp3) is 0. The molecular formula is C10H6Br2O. The molecule has 0 saturated carbocycles. The van der Waals surface area contributed by atoms with E-state index in [0.717, 1.165) is 19.7 Å². The predicted octanol–water partition coefficient (Wildman–Crippen LogP) is 4.07. The first-order valence-electron chi connectivity index (χ1n) is 3.76. The average Bonchev–Trinajstić information content (AvgIpc) is 2.12. The topological polar surface area (TPSA) is 20.2 Å². The zero-order chi connectivity index (χ0) is 9.42. The summed E-state index contributed by atoms with van der Waals surface area (Å²) < 4.78 is 1.96. The molecule has 0 bridgehead atoms. The van der Waals surface area contributed by atoms with Crippen LogP contribution in [-0.4, -0.2) is 5.11 Å². The van der Waals surface area contributed by atoms with Gasteiger partial charge in [0.15, 0.2) is 0 Å². The number of hydrogen-bond acceptors (Lipinski definition) is 1. The average molecular weight is 302 g/mol. The van der Waals surface area contributed by atoms with Gasteiger partial charge in [0.2, 0.25) is 0 Å². The van der Waals surface area contributed by atoms with Gasteiger partial charge in [-0.15, -0.1) is 0 Å². The first kappa shape index (κ1) is 9.03. The molecule has 3 heteroatoms. The van der Waals surface area contributed by atoms with Gasteiger partial charge in [-0.2, -0.15) is 0 Å². The highest BCUT2D eigenvalue weighted by molar-refractivity contribution is 9.11. The van der Waals surface area contributed by atoms with E-state index in [1.54, 1.807) is 6.07 Å². The molecule has 0 amide bonds. The van der Waals surface area contributed by atoms with E-state index in [0.29, 0.717) is 5.75 Å². The molecule has 0 aliphatic carbocycles. The number of rotatable bonds is 0. The van der Waals surface area contributed by atoms with Crippen molar-refractivity contribution in [2.75, 3.05) is 0 Å². The van der Waals surface area contributed by atoms with Crippen LogP contribution in [-0.2, 0) is 0 Å². The molecule has 1 nitrogen and oxygen atoms in total. The maximum atomic E-state index is 9.58. The van der Waals surface area contributed by atoms with E-state index < -0.39 is 0 Å². The highest BCUT2D eigenvalue weighted by Crippen LogP contribution is 2.35. The third kappa shape index (κ3) is 1.46. The number of fused-ring (bicyclic) bond motifs is 1. The van der Waals surface area contributed by atoms with Gasteiger partial charge in [0, 0.05) is 19.7 Å². The first-order valence-corrected chi connectivity index (χ1v) is 5.34. The van der Waals surface area contributed by atoms with E-state index in [1.165, 1.54) is 0 Å². The summed E-state index contributed by atoms with van der Waals surface area (Å²) in [5, 5.41) is 11.4. The van der Waals surface area contributed by atoms with E-state index in [2.05, 4.69) is 31.9 Å². The second-order valence-corrected chi connectivity index (χ2v) is 4.44. The van der Waals surface area contributed by atoms with E-state index in [9.17, 15) is 5.11 Å². The van der Waals surface area contributed by atoms with Crippen LogP contribution in [0.15, 0.2) is 39.3 Å². The normalized spacial score (nSPS) is 10.6. The summed E-state index contributed by atoms with van der Waals surface area (Å²) in [5.41, 5.74) is 0. The Hall–Kier alpha value is -0.540. The van der Waals surface area contributed by atoms with Crippen molar-refractivity contribution in [2.24, 2.45) is 0 Å². The van der Waals surface area contributed by atoms with E-state index >= 15 is 0 Å². The van der Waals surface area contributed by atoms with E-state index in [4.69, 9.17) is 0 Å². The molecule has 66 valence electrons. The Kier molecular flexibility index (Phi) is 2.30. The lowest BCUT2D eigenvalue weighted by atomic mass is 10.1. The van der Waals surface area contributed by atoms with Gasteiger partial charge < -0.3 is 5.11 Å². The highest BCUT2D eigenvalue weighted by atomic mass is 79.9. The van der Waals surface area contributed by atoms with Gasteiger partial charge in [-0.25, -0.2) is 0 Å². The maximum absolute atomic E-state index is 9.58. The van der Waals surface area contributed by atoms with Crippen LogP contribution in [0.2, 0.25) is 0 Å². The Morgan fingerprint density at radius 3 is 2.31 bits per heavy atom. The molecule has 2 aromatic carbocycles. The zero-order valence-electron chi connectivity index (χ0n) is 6.59. The molecule has 0 spiro atoms. The molecule has 1 N–H and O–H groups in total. The Bertz CT molecular complexity index is 457. The molecule has 0 fully saturated rings. The third-order valence-electron chi connectivity index (χ3n) is 1.92. The first-order chi connectivity index (χ1) is 6.20. The minimum Gasteiger partial charge on any atom is -0.507 e. The van der Waals surface area contributed by atoms with Crippen LogP contribution in [0.3, 0.4) is 0 Å². The van der Waals surface area contributed by atoms with Crippen molar-refractivity contribution in [2.45, 2.75) is 0 Å². The standard InChI is InChI=1S/C10H6Br2O/c11-7-3-1-2-6-9(13)5-4-8(12)10(6)7/h1-5,13H. The fourth-order valence-electron chi connectivity index (χ4n) is 1.31. The SMILES string of the molecule is Oc1ccc(Br)c2c(Br)cccc12. The Balaban J connectivity index is 3.00. The van der Waals surface area contributed by atoms with Crippen LogP contribution >= 0.6 is 31.9 Å². The Morgan fingerprint density at radius 1 is 0.923 bits per heavy atom. The van der Waals surface area contributed by atoms with Gasteiger partial charge in [0.05, 0.1) is 0 Å². The Morgan fingerprint density at radius 2 is 1.62 bits per heavy atom. The van der Waals surface area contributed by atoms with Crippen molar-refractivity contribution < 1.29 is 5.11 Å². The molecule has 2 rings (SSSR count). The van der Waals surface area contributed by atoms with Crippen LogP contribution in [0.5, 0.6) is 5.75 Å². The smallest absolute Gasteiger partial charge is 0.123 e. The van der Waals surface area contributed by atoms with Crippen LogP contribution in [0.1, 0.15) is 0 Å². The summed E-state index contributed by atoms with van der Waals surface area (Å²) in [7, 11) is 0. The van der Waals surface area contributed by atoms with Crippen molar-refractivity contribution in [3.05, 3.63) is 39.3 Å². The third-order valence-corrected chi connectivity index (χ3v) is 3.24. The van der Waals surface area contributed by atoms with Crippen LogP contribution in [0.25, 0.3) is 10.8 Å². The van der Waals surface area contributed by atoms with Gasteiger partial charge in [-0.05, 0) is 18.2 Å². The van der Waals surface area contributed by atoms with Crippen molar-refractivity contribution in [3.63, 3.8) is 0 Å². The summed E-state index contributed by atoms with van der Waals surface area (Å²) >= 11 is 6.88. The number of aromatic hydroxyl groups is 1. The summed E-state index contributed by atoms with van der Waals surface area (Å²) in [6.45, 7) is 0. The second kappa shape index (κ2) is 3.31. The summed E-state index contributed by atoms with van der Waals surface area (Å²) in [6.07, 6.45) is 0. The number of phenols is 1.